The van der Waals surface area contributed by atoms with Crippen molar-refractivity contribution < 1.29 is 0 Å². The van der Waals surface area contributed by atoms with Gasteiger partial charge in [0.1, 0.15) is 12.1 Å². The summed E-state index contributed by atoms with van der Waals surface area (Å²) >= 11 is 0. The van der Waals surface area contributed by atoms with Crippen LogP contribution in [0.4, 0.5) is 11.5 Å². The molecule has 5 rings (SSSR count). The van der Waals surface area contributed by atoms with E-state index in [2.05, 4.69) is 57.6 Å². The number of benzene rings is 2. The van der Waals surface area contributed by atoms with Gasteiger partial charge in [-0.3, -0.25) is 4.40 Å². The molecule has 0 saturated carbocycles. The Hall–Kier alpha value is -2.95. The number of rotatable bonds is 1. The lowest BCUT2D eigenvalue weighted by Gasteiger charge is -2.25. The van der Waals surface area contributed by atoms with Gasteiger partial charge in [0.15, 0.2) is 0 Å². The van der Waals surface area contributed by atoms with Crippen LogP contribution in [0.3, 0.4) is 0 Å². The highest BCUT2D eigenvalue weighted by Gasteiger charge is 2.21. The predicted molar refractivity (Wildman–Crippen MR) is 94.7 cm³/mol. The van der Waals surface area contributed by atoms with E-state index in [0.29, 0.717) is 5.78 Å². The summed E-state index contributed by atoms with van der Waals surface area (Å²) in [7, 11) is 0. The van der Waals surface area contributed by atoms with Crippen molar-refractivity contribution in [3.63, 3.8) is 0 Å². The Kier molecular flexibility index (Phi) is 2.98. The summed E-state index contributed by atoms with van der Waals surface area (Å²) in [6.07, 6.45) is 5.21. The van der Waals surface area contributed by atoms with Crippen molar-refractivity contribution in [1.29, 1.82) is 0 Å². The molecule has 5 heteroatoms. The van der Waals surface area contributed by atoms with E-state index in [9.17, 15) is 0 Å². The number of fused-ring (bicyclic) bond motifs is 4. The molecule has 4 aromatic rings. The Morgan fingerprint density at radius 2 is 1.79 bits per heavy atom. The number of hydrogen-bond donors (Lipinski definition) is 0. The Morgan fingerprint density at radius 3 is 2.79 bits per heavy atom. The minimum absolute atomic E-state index is 0.644. The smallest absolute Gasteiger partial charge is 0.257 e. The minimum atomic E-state index is 0.644. The zero-order chi connectivity index (χ0) is 15.9. The first-order chi connectivity index (χ1) is 11.9. The van der Waals surface area contributed by atoms with Crippen molar-refractivity contribution >= 4 is 28.2 Å². The van der Waals surface area contributed by atoms with E-state index in [4.69, 9.17) is 4.98 Å². The molecule has 2 aromatic carbocycles. The van der Waals surface area contributed by atoms with Gasteiger partial charge in [-0.15, -0.1) is 10.2 Å². The topological polar surface area (TPSA) is 46.3 Å². The summed E-state index contributed by atoms with van der Waals surface area (Å²) in [6, 6.07) is 17.0. The van der Waals surface area contributed by atoms with Crippen molar-refractivity contribution in [3.8, 4) is 0 Å². The summed E-state index contributed by atoms with van der Waals surface area (Å²) in [5.74, 6) is 1.62. The molecule has 0 unspecified atom stereocenters. The Labute approximate surface area is 139 Å². The molecular weight excluding hydrogens is 298 g/mol. The third-order valence-electron chi connectivity index (χ3n) is 4.76. The van der Waals surface area contributed by atoms with Crippen LogP contribution < -0.4 is 4.90 Å². The zero-order valence-corrected chi connectivity index (χ0v) is 13.3. The molecular formula is C19H17N5. The molecule has 0 amide bonds. The monoisotopic (exact) mass is 315 g/mol. The second-order valence-corrected chi connectivity index (χ2v) is 6.19. The lowest BCUT2D eigenvalue weighted by molar-refractivity contribution is 0.758. The van der Waals surface area contributed by atoms with Gasteiger partial charge in [-0.05, 0) is 43.0 Å². The second-order valence-electron chi connectivity index (χ2n) is 6.19. The molecule has 5 nitrogen and oxygen atoms in total. The summed E-state index contributed by atoms with van der Waals surface area (Å²) in [5, 5.41) is 9.34. The molecule has 2 aromatic heterocycles. The number of aryl methyl sites for hydroxylation is 1. The first-order valence-electron chi connectivity index (χ1n) is 8.36. The van der Waals surface area contributed by atoms with E-state index in [1.54, 1.807) is 6.33 Å². The van der Waals surface area contributed by atoms with Crippen molar-refractivity contribution in [2.24, 2.45) is 0 Å². The number of anilines is 2. The predicted octanol–water partition coefficient (Wildman–Crippen LogP) is 3.75. The van der Waals surface area contributed by atoms with Gasteiger partial charge in [0.25, 0.3) is 5.78 Å². The van der Waals surface area contributed by atoms with E-state index in [1.165, 1.54) is 17.7 Å². The third kappa shape index (κ3) is 1.98. The fraction of sp³-hybridized carbons (Fsp3) is 0.211. The summed E-state index contributed by atoms with van der Waals surface area (Å²) < 4.78 is 1.95. The summed E-state index contributed by atoms with van der Waals surface area (Å²) in [5.41, 5.74) is 3.74. The molecule has 118 valence electrons. The second kappa shape index (κ2) is 5.30. The average Bonchev–Trinajstić information content (AvgIpc) is 3.01. The first kappa shape index (κ1) is 13.5. The fourth-order valence-corrected chi connectivity index (χ4v) is 3.62. The van der Waals surface area contributed by atoms with Gasteiger partial charge in [-0.2, -0.15) is 4.98 Å². The van der Waals surface area contributed by atoms with Crippen LogP contribution in [0.25, 0.3) is 16.7 Å². The van der Waals surface area contributed by atoms with Gasteiger partial charge >= 0.3 is 0 Å². The van der Waals surface area contributed by atoms with Crippen LogP contribution >= 0.6 is 0 Å². The average molecular weight is 315 g/mol. The van der Waals surface area contributed by atoms with Gasteiger partial charge in [-0.25, -0.2) is 0 Å². The van der Waals surface area contributed by atoms with Crippen LogP contribution in [0, 0.1) is 0 Å². The highest BCUT2D eigenvalue weighted by atomic mass is 15.3. The summed E-state index contributed by atoms with van der Waals surface area (Å²) in [6.45, 7) is 0.971. The third-order valence-corrected chi connectivity index (χ3v) is 4.76. The Morgan fingerprint density at radius 1 is 0.917 bits per heavy atom. The fourth-order valence-electron chi connectivity index (χ4n) is 3.62. The Bertz CT molecular complexity index is 1040. The lowest BCUT2D eigenvalue weighted by Crippen LogP contribution is -2.20. The lowest BCUT2D eigenvalue weighted by atomic mass is 10.1. The molecule has 1 aliphatic rings. The zero-order valence-electron chi connectivity index (χ0n) is 13.3. The number of para-hydroxylation sites is 2. The molecule has 0 atom stereocenters. The van der Waals surface area contributed by atoms with E-state index in [-0.39, 0.29) is 0 Å². The van der Waals surface area contributed by atoms with E-state index < -0.39 is 0 Å². The Balaban J connectivity index is 1.82. The molecule has 0 aliphatic carbocycles. The van der Waals surface area contributed by atoms with Crippen LogP contribution in [0.1, 0.15) is 18.4 Å². The molecule has 24 heavy (non-hydrogen) atoms. The van der Waals surface area contributed by atoms with Crippen molar-refractivity contribution in [1.82, 2.24) is 19.6 Å². The van der Waals surface area contributed by atoms with Crippen LogP contribution in [-0.2, 0) is 6.42 Å². The number of hydrogen-bond acceptors (Lipinski definition) is 4. The SMILES string of the molecule is c1ccc2c(c1)CCCCN2c1nc2nncn2c2ccccc12. The van der Waals surface area contributed by atoms with Gasteiger partial charge in [0, 0.05) is 17.6 Å². The largest absolute Gasteiger partial charge is 0.325 e. The maximum absolute atomic E-state index is 4.84. The van der Waals surface area contributed by atoms with Crippen molar-refractivity contribution in [3.05, 3.63) is 60.4 Å². The molecule has 0 bridgehead atoms. The molecule has 0 N–H and O–H groups in total. The molecule has 0 radical (unpaired) electrons. The van der Waals surface area contributed by atoms with Gasteiger partial charge in [-0.1, -0.05) is 30.3 Å². The maximum Gasteiger partial charge on any atom is 0.257 e. The molecule has 0 saturated heterocycles. The van der Waals surface area contributed by atoms with Crippen LogP contribution in [-0.4, -0.2) is 26.1 Å². The van der Waals surface area contributed by atoms with Gasteiger partial charge < -0.3 is 4.90 Å². The standard InChI is InChI=1S/C19H17N5/c1-3-10-16-14(7-1)8-5-6-12-23(16)18-15-9-2-4-11-17(15)24-13-20-22-19(24)21-18/h1-4,7,9-11,13H,5-6,8,12H2. The van der Waals surface area contributed by atoms with Crippen LogP contribution in [0.15, 0.2) is 54.9 Å². The first-order valence-corrected chi connectivity index (χ1v) is 8.36. The molecule has 3 heterocycles. The minimum Gasteiger partial charge on any atom is -0.325 e. The normalized spacial score (nSPS) is 14.8. The molecule has 0 fully saturated rings. The van der Waals surface area contributed by atoms with Gasteiger partial charge in [0.05, 0.1) is 5.52 Å². The highest BCUT2D eigenvalue weighted by Crippen LogP contribution is 2.35. The van der Waals surface area contributed by atoms with Crippen molar-refractivity contribution in [2.45, 2.75) is 19.3 Å². The van der Waals surface area contributed by atoms with Crippen LogP contribution in [0.2, 0.25) is 0 Å². The number of aromatic nitrogens is 4. The molecule has 1 aliphatic heterocycles. The van der Waals surface area contributed by atoms with Crippen LogP contribution in [0.5, 0.6) is 0 Å². The van der Waals surface area contributed by atoms with E-state index in [0.717, 1.165) is 36.1 Å². The molecule has 0 spiro atoms. The van der Waals surface area contributed by atoms with E-state index in [1.807, 2.05) is 10.5 Å². The van der Waals surface area contributed by atoms with Gasteiger partial charge in [0.2, 0.25) is 0 Å². The number of nitrogens with zero attached hydrogens (tertiary/aromatic N) is 5. The highest BCUT2D eigenvalue weighted by molar-refractivity contribution is 5.93. The quantitative estimate of drug-likeness (QED) is 0.537. The van der Waals surface area contributed by atoms with Crippen molar-refractivity contribution in [2.75, 3.05) is 11.4 Å². The summed E-state index contributed by atoms with van der Waals surface area (Å²) in [4.78, 5) is 7.19. The van der Waals surface area contributed by atoms with E-state index >= 15 is 0 Å². The maximum atomic E-state index is 4.84.